The van der Waals surface area contributed by atoms with Crippen LogP contribution in [0.25, 0.3) is 0 Å². The second-order valence-electron chi connectivity index (χ2n) is 7.90. The first-order valence-corrected chi connectivity index (χ1v) is 9.89. The Morgan fingerprint density at radius 2 is 1.97 bits per heavy atom. The van der Waals surface area contributed by atoms with Crippen molar-refractivity contribution in [2.45, 2.75) is 44.2 Å². The van der Waals surface area contributed by atoms with E-state index in [-0.39, 0.29) is 11.5 Å². The SMILES string of the molecule is Cc1cc(C(F)(F)F)cc(N2C(=C=O)[C@H](O)[C@@H](O)[C@H]2C(=O)N(C)c2cccc3c2CC3)n1. The van der Waals surface area contributed by atoms with Crippen molar-refractivity contribution in [3.63, 3.8) is 0 Å². The van der Waals surface area contributed by atoms with Crippen LogP contribution < -0.4 is 9.80 Å². The lowest BCUT2D eigenvalue weighted by atomic mass is 9.86. The molecule has 1 aromatic heterocycles. The molecular formula is C22H20F3N3O4. The van der Waals surface area contributed by atoms with Crippen molar-refractivity contribution in [3.8, 4) is 0 Å². The molecule has 1 amide bonds. The summed E-state index contributed by atoms with van der Waals surface area (Å²) in [6.45, 7) is 1.33. The lowest BCUT2D eigenvalue weighted by Crippen LogP contribution is -2.50. The van der Waals surface area contributed by atoms with E-state index < -0.39 is 41.6 Å². The summed E-state index contributed by atoms with van der Waals surface area (Å²) in [6.07, 6.45) is -6.66. The Kier molecular flexibility index (Phi) is 5.32. The van der Waals surface area contributed by atoms with Crippen molar-refractivity contribution in [2.24, 2.45) is 0 Å². The third-order valence-corrected chi connectivity index (χ3v) is 5.92. The number of pyridine rings is 1. The zero-order chi connectivity index (χ0) is 23.4. The molecule has 2 aromatic rings. The molecule has 7 nitrogen and oxygen atoms in total. The van der Waals surface area contributed by atoms with Crippen molar-refractivity contribution in [1.82, 2.24) is 4.98 Å². The van der Waals surface area contributed by atoms with Gasteiger partial charge in [-0.2, -0.15) is 13.2 Å². The van der Waals surface area contributed by atoms with Gasteiger partial charge < -0.3 is 20.0 Å². The van der Waals surface area contributed by atoms with Gasteiger partial charge in [-0.3, -0.25) is 4.79 Å². The van der Waals surface area contributed by atoms with Crippen molar-refractivity contribution >= 4 is 23.4 Å². The molecule has 4 rings (SSSR count). The van der Waals surface area contributed by atoms with Crippen LogP contribution in [-0.4, -0.2) is 52.3 Å². The fourth-order valence-electron chi connectivity index (χ4n) is 4.21. The van der Waals surface area contributed by atoms with E-state index in [1.807, 2.05) is 6.07 Å². The van der Waals surface area contributed by atoms with Crippen LogP contribution in [0.5, 0.6) is 0 Å². The Bertz CT molecular complexity index is 1140. The number of fused-ring (bicyclic) bond motifs is 1. The molecule has 32 heavy (non-hydrogen) atoms. The Morgan fingerprint density at radius 1 is 1.25 bits per heavy atom. The Balaban J connectivity index is 1.80. The first-order chi connectivity index (χ1) is 15.0. The Morgan fingerprint density at radius 3 is 2.56 bits per heavy atom. The number of carbonyl (C=O) groups excluding carboxylic acids is 2. The van der Waals surface area contributed by atoms with E-state index in [1.54, 1.807) is 12.1 Å². The van der Waals surface area contributed by atoms with Crippen molar-refractivity contribution in [3.05, 3.63) is 58.4 Å². The number of hydrogen-bond acceptors (Lipinski definition) is 6. The number of benzene rings is 1. The second-order valence-corrected chi connectivity index (χ2v) is 7.90. The molecule has 1 aliphatic carbocycles. The molecule has 0 radical (unpaired) electrons. The maximum Gasteiger partial charge on any atom is 0.416 e. The van der Waals surface area contributed by atoms with Crippen molar-refractivity contribution in [1.29, 1.82) is 0 Å². The van der Waals surface area contributed by atoms with Gasteiger partial charge in [-0.05, 0) is 49.1 Å². The summed E-state index contributed by atoms with van der Waals surface area (Å²) in [7, 11) is 1.47. The molecule has 1 aromatic carbocycles. The summed E-state index contributed by atoms with van der Waals surface area (Å²) < 4.78 is 40.1. The molecule has 168 valence electrons. The predicted molar refractivity (Wildman–Crippen MR) is 109 cm³/mol. The van der Waals surface area contributed by atoms with Gasteiger partial charge in [0.2, 0.25) is 0 Å². The fourth-order valence-corrected chi connectivity index (χ4v) is 4.21. The summed E-state index contributed by atoms with van der Waals surface area (Å²) in [6, 6.07) is 5.36. The minimum Gasteiger partial charge on any atom is -0.387 e. The largest absolute Gasteiger partial charge is 0.416 e. The normalized spacial score (nSPS) is 22.3. The van der Waals surface area contributed by atoms with Gasteiger partial charge in [0.1, 0.15) is 35.7 Å². The molecule has 2 aliphatic rings. The average molecular weight is 447 g/mol. The highest BCUT2D eigenvalue weighted by Crippen LogP contribution is 2.38. The average Bonchev–Trinajstić information content (AvgIpc) is 2.96. The van der Waals surface area contributed by atoms with Gasteiger partial charge in [-0.1, -0.05) is 12.1 Å². The minimum atomic E-state index is -4.70. The van der Waals surface area contributed by atoms with Crippen LogP contribution in [0.2, 0.25) is 0 Å². The zero-order valence-corrected chi connectivity index (χ0v) is 17.2. The van der Waals surface area contributed by atoms with Crippen LogP contribution in [0.3, 0.4) is 0 Å². The van der Waals surface area contributed by atoms with Crippen LogP contribution >= 0.6 is 0 Å². The number of nitrogens with zero attached hydrogens (tertiary/aromatic N) is 3. The van der Waals surface area contributed by atoms with Crippen molar-refractivity contribution in [2.75, 3.05) is 16.8 Å². The smallest absolute Gasteiger partial charge is 0.387 e. The Hall–Kier alpha value is -3.20. The second kappa shape index (κ2) is 7.74. The quantitative estimate of drug-likeness (QED) is 0.697. The number of alkyl halides is 3. The van der Waals surface area contributed by atoms with E-state index in [0.29, 0.717) is 11.8 Å². The van der Waals surface area contributed by atoms with E-state index in [2.05, 4.69) is 4.98 Å². The van der Waals surface area contributed by atoms with Gasteiger partial charge in [0, 0.05) is 18.4 Å². The highest BCUT2D eigenvalue weighted by atomic mass is 19.4. The lowest BCUT2D eigenvalue weighted by molar-refractivity contribution is -0.137. The van der Waals surface area contributed by atoms with Gasteiger partial charge in [0.05, 0.1) is 5.56 Å². The molecule has 2 heterocycles. The van der Waals surface area contributed by atoms with Crippen LogP contribution in [0, 0.1) is 6.92 Å². The number of carbonyl (C=O) groups is 1. The number of aliphatic hydroxyl groups is 2. The molecule has 10 heteroatoms. The summed E-state index contributed by atoms with van der Waals surface area (Å²) in [5.41, 5.74) is 1.02. The molecule has 2 N–H and O–H groups in total. The number of halogens is 3. The third-order valence-electron chi connectivity index (χ3n) is 5.92. The molecule has 0 saturated carbocycles. The maximum absolute atomic E-state index is 13.4. The van der Waals surface area contributed by atoms with Gasteiger partial charge >= 0.3 is 6.18 Å². The van der Waals surface area contributed by atoms with E-state index >= 15 is 0 Å². The molecule has 1 aliphatic heterocycles. The van der Waals surface area contributed by atoms with Gasteiger partial charge in [0.15, 0.2) is 0 Å². The predicted octanol–water partition coefficient (Wildman–Crippen LogP) is 1.80. The summed E-state index contributed by atoms with van der Waals surface area (Å²) in [4.78, 5) is 31.2. The van der Waals surface area contributed by atoms with Gasteiger partial charge in [0.25, 0.3) is 5.91 Å². The third kappa shape index (κ3) is 3.46. The molecule has 1 saturated heterocycles. The molecular weight excluding hydrogens is 427 g/mol. The van der Waals surface area contributed by atoms with Crippen LogP contribution in [0.4, 0.5) is 24.7 Å². The number of amides is 1. The number of hydrogen-bond donors (Lipinski definition) is 2. The highest BCUT2D eigenvalue weighted by Gasteiger charge is 2.51. The van der Waals surface area contributed by atoms with Crippen LogP contribution in [0.15, 0.2) is 36.0 Å². The van der Waals surface area contributed by atoms with Crippen molar-refractivity contribution < 1.29 is 33.0 Å². The maximum atomic E-state index is 13.4. The molecule has 1 fully saturated rings. The van der Waals surface area contributed by atoms with Gasteiger partial charge in [-0.25, -0.2) is 9.78 Å². The Labute approximate surface area is 181 Å². The topological polar surface area (TPSA) is 94.0 Å². The van der Waals surface area contributed by atoms with E-state index in [1.165, 1.54) is 24.8 Å². The minimum absolute atomic E-state index is 0.0140. The zero-order valence-electron chi connectivity index (χ0n) is 17.2. The lowest BCUT2D eigenvalue weighted by Gasteiger charge is -2.32. The number of rotatable bonds is 3. The van der Waals surface area contributed by atoms with E-state index in [9.17, 15) is 33.0 Å². The fraction of sp³-hybridized carbons (Fsp3) is 0.364. The monoisotopic (exact) mass is 447 g/mol. The summed E-state index contributed by atoms with van der Waals surface area (Å²) in [5.74, 6) is 0.357. The standard InChI is InChI=1S/C22H20F3N3O4/c1-11-8-13(22(23,24)25)9-17(26-11)28-16(10-29)19(30)20(31)18(28)21(32)27(2)15-5-3-4-12-6-7-14(12)15/h3-5,8-9,18-20,30-31H,6-7H2,1-2H3/t18-,19-,20-/m0/s1. The molecule has 0 spiro atoms. The first-order valence-electron chi connectivity index (χ1n) is 9.89. The molecule has 0 unspecified atom stereocenters. The first kappa shape index (κ1) is 22.0. The number of likely N-dealkylation sites (N-methyl/N-ethyl adjacent to an activating group) is 1. The van der Waals surface area contributed by atoms with Crippen LogP contribution in [0.1, 0.15) is 22.4 Å². The molecule has 3 atom stereocenters. The van der Waals surface area contributed by atoms with E-state index in [0.717, 1.165) is 34.9 Å². The molecule has 0 bridgehead atoms. The van der Waals surface area contributed by atoms with Gasteiger partial charge in [-0.15, -0.1) is 0 Å². The number of aryl methyl sites for hydroxylation is 2. The summed E-state index contributed by atoms with van der Waals surface area (Å²) in [5, 5.41) is 21.0. The number of anilines is 2. The van der Waals surface area contributed by atoms with E-state index in [4.69, 9.17) is 0 Å². The highest BCUT2D eigenvalue weighted by molar-refractivity contribution is 6.01. The summed E-state index contributed by atoms with van der Waals surface area (Å²) >= 11 is 0. The number of aliphatic hydroxyl groups excluding tert-OH is 2. The van der Waals surface area contributed by atoms with Crippen LogP contribution in [-0.2, 0) is 28.6 Å². The number of aromatic nitrogens is 1.